The molecule has 2 heterocycles. The Morgan fingerprint density at radius 1 is 1.07 bits per heavy atom. The molecule has 0 radical (unpaired) electrons. The number of hydrogen-bond acceptors (Lipinski definition) is 4. The third-order valence-electron chi connectivity index (χ3n) is 5.14. The molecule has 3 aromatic rings. The van der Waals surface area contributed by atoms with Crippen LogP contribution in [0, 0.1) is 0 Å². The van der Waals surface area contributed by atoms with Gasteiger partial charge in [0.25, 0.3) is 5.56 Å². The van der Waals surface area contributed by atoms with Crippen LogP contribution in [0.25, 0.3) is 10.8 Å². The third kappa shape index (κ3) is 4.18. The van der Waals surface area contributed by atoms with Gasteiger partial charge in [-0.05, 0) is 61.8 Å². The monoisotopic (exact) mass is 439 g/mol. The van der Waals surface area contributed by atoms with Crippen LogP contribution in [0.1, 0.15) is 30.4 Å². The summed E-state index contributed by atoms with van der Waals surface area (Å²) in [5.41, 5.74) is 2.26. The molecule has 1 aliphatic rings. The van der Waals surface area contributed by atoms with Crippen molar-refractivity contribution in [2.75, 3.05) is 13.1 Å². The molecule has 0 amide bonds. The summed E-state index contributed by atoms with van der Waals surface area (Å²) in [4.78, 5) is 21.5. The zero-order chi connectivity index (χ0) is 19.5. The number of aromatic nitrogens is 1. The van der Waals surface area contributed by atoms with Crippen molar-refractivity contribution < 1.29 is 5.11 Å². The molecule has 0 atom stereocenters. The van der Waals surface area contributed by atoms with E-state index in [4.69, 9.17) is 0 Å². The van der Waals surface area contributed by atoms with E-state index >= 15 is 0 Å². The van der Waals surface area contributed by atoms with Gasteiger partial charge in [-0.2, -0.15) is 0 Å². The maximum absolute atomic E-state index is 12.1. The first-order valence-electron chi connectivity index (χ1n) is 9.50. The fourth-order valence-electron chi connectivity index (χ4n) is 3.64. The number of piperidine rings is 1. The Kier molecular flexibility index (Phi) is 5.59. The number of nitrogens with one attached hydrogen (secondary N) is 1. The normalized spacial score (nSPS) is 15.5. The highest BCUT2D eigenvalue weighted by Crippen LogP contribution is 2.25. The second-order valence-corrected chi connectivity index (χ2v) is 8.08. The number of nitrogens with zero attached hydrogens (tertiary/aromatic N) is 2. The fraction of sp³-hybridized carbons (Fsp3) is 0.273. The maximum atomic E-state index is 12.1. The number of halogens is 1. The Bertz CT molecular complexity index is 1070. The maximum Gasteiger partial charge on any atom is 0.258 e. The van der Waals surface area contributed by atoms with Gasteiger partial charge in [-0.1, -0.05) is 34.5 Å². The number of fused-ring (bicyclic) bond motifs is 1. The van der Waals surface area contributed by atoms with E-state index in [1.54, 1.807) is 18.3 Å². The van der Waals surface area contributed by atoms with Gasteiger partial charge >= 0.3 is 0 Å². The zero-order valence-electron chi connectivity index (χ0n) is 15.5. The van der Waals surface area contributed by atoms with Crippen LogP contribution in [0.5, 0.6) is 5.88 Å². The molecule has 144 valence electrons. The molecule has 5 nitrogen and oxygen atoms in total. The van der Waals surface area contributed by atoms with E-state index in [2.05, 4.69) is 42.9 Å². The Balaban J connectivity index is 1.57. The van der Waals surface area contributed by atoms with Crippen molar-refractivity contribution in [2.45, 2.75) is 25.8 Å². The number of aromatic amines is 1. The van der Waals surface area contributed by atoms with Crippen LogP contribution < -0.4 is 5.56 Å². The third-order valence-corrected chi connectivity index (χ3v) is 5.63. The molecule has 0 saturated carbocycles. The molecule has 6 heteroatoms. The lowest BCUT2D eigenvalue weighted by molar-refractivity contribution is 0.221. The van der Waals surface area contributed by atoms with Gasteiger partial charge in [0.1, 0.15) is 0 Å². The van der Waals surface area contributed by atoms with Gasteiger partial charge in [0.15, 0.2) is 0 Å². The van der Waals surface area contributed by atoms with Crippen LogP contribution in [-0.4, -0.2) is 34.3 Å². The lowest BCUT2D eigenvalue weighted by Crippen LogP contribution is -2.28. The molecule has 0 aliphatic carbocycles. The van der Waals surface area contributed by atoms with Crippen molar-refractivity contribution in [2.24, 2.45) is 4.99 Å². The molecule has 1 fully saturated rings. The van der Waals surface area contributed by atoms with E-state index in [1.807, 2.05) is 18.2 Å². The van der Waals surface area contributed by atoms with E-state index in [0.29, 0.717) is 16.3 Å². The highest BCUT2D eigenvalue weighted by molar-refractivity contribution is 9.10. The second kappa shape index (κ2) is 8.29. The quantitative estimate of drug-likeness (QED) is 0.577. The van der Waals surface area contributed by atoms with Gasteiger partial charge in [0.05, 0.1) is 11.3 Å². The number of hydrogen-bond donors (Lipinski definition) is 2. The van der Waals surface area contributed by atoms with Crippen molar-refractivity contribution in [1.82, 2.24) is 9.88 Å². The van der Waals surface area contributed by atoms with E-state index < -0.39 is 0 Å². The molecule has 4 rings (SSSR count). The second-order valence-electron chi connectivity index (χ2n) is 7.17. The summed E-state index contributed by atoms with van der Waals surface area (Å²) >= 11 is 3.42. The first-order valence-corrected chi connectivity index (χ1v) is 10.3. The summed E-state index contributed by atoms with van der Waals surface area (Å²) in [5.74, 6) is -0.180. The average molecular weight is 440 g/mol. The molecular formula is C22H22BrN3O2. The molecule has 1 saturated heterocycles. The van der Waals surface area contributed by atoms with E-state index in [9.17, 15) is 9.90 Å². The smallest absolute Gasteiger partial charge is 0.258 e. The van der Waals surface area contributed by atoms with E-state index in [1.165, 1.54) is 37.9 Å². The number of aromatic hydroxyl groups is 1. The van der Waals surface area contributed by atoms with Crippen molar-refractivity contribution in [3.8, 4) is 5.88 Å². The van der Waals surface area contributed by atoms with Crippen LogP contribution in [0.3, 0.4) is 0 Å². The molecule has 0 unspecified atom stereocenters. The predicted octanol–water partition coefficient (Wildman–Crippen LogP) is 4.73. The molecule has 2 N–H and O–H groups in total. The summed E-state index contributed by atoms with van der Waals surface area (Å²) in [6.07, 6.45) is 5.51. The minimum atomic E-state index is -0.320. The summed E-state index contributed by atoms with van der Waals surface area (Å²) in [6, 6.07) is 13.5. The molecule has 0 spiro atoms. The molecule has 1 aromatic heterocycles. The number of aliphatic imine (C=N–C) groups is 1. The lowest BCUT2D eigenvalue weighted by atomic mass is 10.1. The number of likely N-dealkylation sites (tertiary alicyclic amines) is 1. The first kappa shape index (κ1) is 18.9. The van der Waals surface area contributed by atoms with Crippen LogP contribution >= 0.6 is 15.9 Å². The summed E-state index contributed by atoms with van der Waals surface area (Å²) in [5, 5.41) is 11.4. The minimum Gasteiger partial charge on any atom is -0.494 e. The van der Waals surface area contributed by atoms with Gasteiger partial charge in [0.2, 0.25) is 5.88 Å². The highest BCUT2D eigenvalue weighted by Gasteiger charge is 2.11. The van der Waals surface area contributed by atoms with Crippen molar-refractivity contribution in [1.29, 1.82) is 0 Å². The largest absolute Gasteiger partial charge is 0.494 e. The topological polar surface area (TPSA) is 68.7 Å². The van der Waals surface area contributed by atoms with Crippen molar-refractivity contribution in [3.05, 3.63) is 68.4 Å². The Hall–Kier alpha value is -2.44. The molecular weight excluding hydrogens is 418 g/mol. The fourth-order valence-corrected chi connectivity index (χ4v) is 4.00. The van der Waals surface area contributed by atoms with Crippen LogP contribution in [0.2, 0.25) is 0 Å². The van der Waals surface area contributed by atoms with Crippen molar-refractivity contribution in [3.63, 3.8) is 0 Å². The van der Waals surface area contributed by atoms with Gasteiger partial charge in [0, 0.05) is 28.0 Å². The molecule has 0 bridgehead atoms. The van der Waals surface area contributed by atoms with Crippen LogP contribution in [0.4, 0.5) is 5.69 Å². The molecule has 1 aliphatic heterocycles. The SMILES string of the molecule is O=c1[nH]c(O)c(C=Nc2ccc(CN3CCCCC3)cc2)c2cc(Br)ccc12. The van der Waals surface area contributed by atoms with Gasteiger partial charge < -0.3 is 5.11 Å². The predicted molar refractivity (Wildman–Crippen MR) is 117 cm³/mol. The average Bonchev–Trinajstić information content (AvgIpc) is 2.69. The van der Waals surface area contributed by atoms with E-state index in [-0.39, 0.29) is 11.4 Å². The number of benzene rings is 2. The highest BCUT2D eigenvalue weighted by atomic mass is 79.9. The molecule has 2 aromatic carbocycles. The van der Waals surface area contributed by atoms with Gasteiger partial charge in [-0.15, -0.1) is 0 Å². The van der Waals surface area contributed by atoms with Gasteiger partial charge in [-0.25, -0.2) is 0 Å². The molecule has 28 heavy (non-hydrogen) atoms. The number of H-pyrrole nitrogens is 1. The Morgan fingerprint density at radius 2 is 1.82 bits per heavy atom. The Labute approximate surface area is 171 Å². The van der Waals surface area contributed by atoms with E-state index in [0.717, 1.165) is 16.7 Å². The van der Waals surface area contributed by atoms with Crippen LogP contribution in [-0.2, 0) is 6.54 Å². The van der Waals surface area contributed by atoms with Crippen LogP contribution in [0.15, 0.2) is 56.7 Å². The zero-order valence-corrected chi connectivity index (χ0v) is 17.1. The Morgan fingerprint density at radius 3 is 2.57 bits per heavy atom. The minimum absolute atomic E-state index is 0.180. The number of pyridine rings is 1. The lowest BCUT2D eigenvalue weighted by Gasteiger charge is -2.26. The summed E-state index contributed by atoms with van der Waals surface area (Å²) in [7, 11) is 0. The first-order chi connectivity index (χ1) is 13.6. The van der Waals surface area contributed by atoms with Gasteiger partial charge in [-0.3, -0.25) is 19.7 Å². The van der Waals surface area contributed by atoms with Crippen molar-refractivity contribution >= 4 is 38.6 Å². The number of rotatable bonds is 4. The summed E-state index contributed by atoms with van der Waals surface area (Å²) in [6.45, 7) is 3.32. The standard InChI is InChI=1S/C22H22BrN3O2/c23-16-6-9-18-19(12-16)20(22(28)25-21(18)27)13-24-17-7-4-15(5-8-17)14-26-10-2-1-3-11-26/h4-9,12-13H,1-3,10-11,14H2,(H2,25,27,28). The summed E-state index contributed by atoms with van der Waals surface area (Å²) < 4.78 is 0.835.